The number of nitrogens with zero attached hydrogens (tertiary/aromatic N) is 2. The third-order valence-corrected chi connectivity index (χ3v) is 13.8. The maximum atomic E-state index is 13.6. The molecule has 0 spiro atoms. The normalized spacial score (nSPS) is 23.1. The Kier molecular flexibility index (Phi) is 15.0. The summed E-state index contributed by atoms with van der Waals surface area (Å²) in [7, 11) is 0. The molecule has 0 bridgehead atoms. The van der Waals surface area contributed by atoms with Crippen LogP contribution in [-0.4, -0.2) is 68.8 Å². The molecule has 338 valence electrons. The number of carbonyl (C=O) groups excluding carboxylic acids is 2. The lowest BCUT2D eigenvalue weighted by molar-refractivity contribution is -0.121. The first-order valence-corrected chi connectivity index (χ1v) is 22.7. The molecule has 0 saturated carbocycles. The molecule has 6 atom stereocenters. The lowest BCUT2D eigenvalue weighted by atomic mass is 9.71. The van der Waals surface area contributed by atoms with Crippen molar-refractivity contribution in [2.24, 2.45) is 17.8 Å². The van der Waals surface area contributed by atoms with Crippen molar-refractivity contribution in [2.75, 3.05) is 36.1 Å². The van der Waals surface area contributed by atoms with Crippen LogP contribution in [-0.2, 0) is 4.79 Å². The second-order valence-corrected chi connectivity index (χ2v) is 18.7. The van der Waals surface area contributed by atoms with Crippen LogP contribution in [0.4, 0.5) is 11.4 Å². The maximum Gasteiger partial charge on any atom is 0.258 e. The first-order chi connectivity index (χ1) is 30.0. The summed E-state index contributed by atoms with van der Waals surface area (Å²) in [5, 5.41) is 63.2. The second-order valence-electron chi connectivity index (χ2n) is 18.7. The number of hydrogen-bond acceptors (Lipinski definition) is 8. The molecule has 63 heavy (non-hydrogen) atoms. The molecule has 4 aliphatic rings. The van der Waals surface area contributed by atoms with E-state index in [9.17, 15) is 40.2 Å². The van der Waals surface area contributed by atoms with Crippen LogP contribution in [0.15, 0.2) is 90.1 Å². The molecule has 0 aromatic heterocycles. The number of fused-ring (bicyclic) bond motifs is 2. The van der Waals surface area contributed by atoms with E-state index in [2.05, 4.69) is 39.2 Å². The minimum atomic E-state index is -0.204. The van der Waals surface area contributed by atoms with Crippen LogP contribution in [0.5, 0.6) is 23.0 Å². The van der Waals surface area contributed by atoms with Crippen molar-refractivity contribution in [3.8, 4) is 23.0 Å². The van der Waals surface area contributed by atoms with Gasteiger partial charge >= 0.3 is 0 Å². The van der Waals surface area contributed by atoms with Gasteiger partial charge in [0.05, 0.1) is 11.4 Å². The molecule has 2 amide bonds. The molecule has 2 aliphatic heterocycles. The number of amides is 2. The number of allylic oxidation sites excluding steroid dienone is 6. The molecule has 10 nitrogen and oxygen atoms in total. The minimum absolute atomic E-state index is 0.00524. The SMILES string of the molecule is C=C(C)[C@@H]1CCC(C)=C[C@H]1c1c(O)cc(O)c2c1N(C(=O)C(C)C)CC[C@H]2CCO.C=C(C)[C@@H]1CCC(C)=C[C@H]1c1c(O)cc(O)c2c1N(C(=O)c1ccccc1)CC[C@H]2CCO. The zero-order chi connectivity index (χ0) is 45.9. The molecule has 7 rings (SSSR count). The molecule has 3 aromatic carbocycles. The van der Waals surface area contributed by atoms with Crippen LogP contribution in [0.25, 0.3) is 0 Å². The summed E-state index contributed by atoms with van der Waals surface area (Å²) in [6.07, 6.45) is 10.5. The van der Waals surface area contributed by atoms with Gasteiger partial charge < -0.3 is 40.4 Å². The Labute approximate surface area is 373 Å². The van der Waals surface area contributed by atoms with E-state index in [0.717, 1.165) is 36.8 Å². The molecule has 0 radical (unpaired) electrons. The van der Waals surface area contributed by atoms with E-state index in [1.165, 1.54) is 23.3 Å². The van der Waals surface area contributed by atoms with Crippen molar-refractivity contribution in [1.82, 2.24) is 0 Å². The molecule has 0 unspecified atom stereocenters. The zero-order valence-corrected chi connectivity index (χ0v) is 38.0. The van der Waals surface area contributed by atoms with Crippen molar-refractivity contribution in [1.29, 1.82) is 0 Å². The standard InChI is InChI=1S/C28H33NO4.C25H35NO4/c1-17(2)21-10-9-18(3)15-22(21)26-24(32)16-23(31)25-19(12-14-30)11-13-29(27(25)26)28(33)20-7-5-4-6-8-20;1-14(2)18-7-6-16(5)12-19(18)23-21(29)13-20(28)22-17(9-11-27)8-10-26(24(22)23)25(30)15(3)4/h4-8,15-16,19,21-22,30-32H,1,9-14H2,2-3H3;12-13,15,17-19,27-29H,1,6-11H2,2-5H3/t19-,21-,22+;17-,18-,19+/m00/s1. The van der Waals surface area contributed by atoms with E-state index in [4.69, 9.17) is 0 Å². The van der Waals surface area contributed by atoms with Gasteiger partial charge in [0.25, 0.3) is 5.91 Å². The molecule has 0 saturated heterocycles. The number of benzene rings is 3. The molecule has 10 heteroatoms. The van der Waals surface area contributed by atoms with Crippen molar-refractivity contribution >= 4 is 23.2 Å². The van der Waals surface area contributed by atoms with Gasteiger partial charge in [-0.3, -0.25) is 9.59 Å². The van der Waals surface area contributed by atoms with Crippen LogP contribution in [0.3, 0.4) is 0 Å². The lowest BCUT2D eigenvalue weighted by Gasteiger charge is -2.40. The Balaban J connectivity index is 0.000000211. The van der Waals surface area contributed by atoms with E-state index >= 15 is 0 Å². The van der Waals surface area contributed by atoms with Crippen LogP contribution in [0.2, 0.25) is 0 Å². The highest BCUT2D eigenvalue weighted by Crippen LogP contribution is 2.56. The highest BCUT2D eigenvalue weighted by molar-refractivity contribution is 6.08. The fourth-order valence-corrected chi connectivity index (χ4v) is 10.6. The van der Waals surface area contributed by atoms with Crippen LogP contribution < -0.4 is 9.80 Å². The summed E-state index contributed by atoms with van der Waals surface area (Å²) in [5.41, 5.74) is 9.05. The van der Waals surface area contributed by atoms with E-state index in [0.29, 0.717) is 78.0 Å². The van der Waals surface area contributed by atoms with Gasteiger partial charge in [0.2, 0.25) is 5.91 Å². The van der Waals surface area contributed by atoms with Crippen molar-refractivity contribution in [2.45, 2.75) is 117 Å². The third-order valence-electron chi connectivity index (χ3n) is 13.8. The number of carbonyl (C=O) groups is 2. The number of hydrogen-bond donors (Lipinski definition) is 6. The van der Waals surface area contributed by atoms with E-state index in [1.54, 1.807) is 21.9 Å². The predicted molar refractivity (Wildman–Crippen MR) is 251 cm³/mol. The Morgan fingerprint density at radius 3 is 1.48 bits per heavy atom. The Morgan fingerprint density at radius 2 is 1.06 bits per heavy atom. The van der Waals surface area contributed by atoms with E-state index < -0.39 is 0 Å². The van der Waals surface area contributed by atoms with Gasteiger partial charge in [0.15, 0.2) is 0 Å². The number of aliphatic hydroxyl groups is 2. The molecule has 3 aromatic rings. The summed E-state index contributed by atoms with van der Waals surface area (Å²) in [4.78, 5) is 30.2. The van der Waals surface area contributed by atoms with Crippen molar-refractivity contribution in [3.05, 3.63) is 118 Å². The summed E-state index contributed by atoms with van der Waals surface area (Å²) in [5.74, 6) is -0.546. The average Bonchev–Trinajstić information content (AvgIpc) is 3.23. The van der Waals surface area contributed by atoms with Crippen LogP contribution >= 0.6 is 0 Å². The largest absolute Gasteiger partial charge is 0.507 e. The van der Waals surface area contributed by atoms with Crippen molar-refractivity contribution < 1.29 is 40.2 Å². The molecule has 2 heterocycles. The summed E-state index contributed by atoms with van der Waals surface area (Å²) < 4.78 is 0. The summed E-state index contributed by atoms with van der Waals surface area (Å²) >= 11 is 0. The number of aliphatic hydroxyl groups excluding tert-OH is 2. The summed E-state index contributed by atoms with van der Waals surface area (Å²) in [6, 6.07) is 11.9. The van der Waals surface area contributed by atoms with Gasteiger partial charge in [-0.15, -0.1) is 0 Å². The molecular weight excluding hydrogens is 793 g/mol. The number of anilines is 2. The fraction of sp³-hybridized carbons (Fsp3) is 0.472. The highest BCUT2D eigenvalue weighted by Gasteiger charge is 2.41. The zero-order valence-electron chi connectivity index (χ0n) is 38.0. The first kappa shape index (κ1) is 47.2. The van der Waals surface area contributed by atoms with Crippen LogP contribution in [0, 0.1) is 17.8 Å². The molecule has 2 aliphatic carbocycles. The van der Waals surface area contributed by atoms with Crippen LogP contribution in [0.1, 0.15) is 149 Å². The van der Waals surface area contributed by atoms with Gasteiger partial charge in [-0.1, -0.05) is 79.6 Å². The van der Waals surface area contributed by atoms with Gasteiger partial charge in [0, 0.05) is 84.0 Å². The number of rotatable bonds is 10. The van der Waals surface area contributed by atoms with Gasteiger partial charge in [-0.2, -0.15) is 0 Å². The van der Waals surface area contributed by atoms with Gasteiger partial charge in [-0.25, -0.2) is 0 Å². The predicted octanol–water partition coefficient (Wildman–Crippen LogP) is 10.6. The number of aromatic hydroxyl groups is 4. The Bertz CT molecular complexity index is 2280. The Hall–Kier alpha value is -5.32. The number of phenolic OH excluding ortho intramolecular Hbond substituents is 4. The fourth-order valence-electron chi connectivity index (χ4n) is 10.6. The molecular formula is C53H68N2O8. The monoisotopic (exact) mass is 860 g/mol. The van der Waals surface area contributed by atoms with Crippen molar-refractivity contribution in [3.63, 3.8) is 0 Å². The number of phenols is 4. The highest BCUT2D eigenvalue weighted by atomic mass is 16.3. The molecule has 6 N–H and O–H groups in total. The van der Waals surface area contributed by atoms with E-state index in [1.807, 2.05) is 45.9 Å². The Morgan fingerprint density at radius 1 is 0.651 bits per heavy atom. The third kappa shape index (κ3) is 9.63. The minimum Gasteiger partial charge on any atom is -0.507 e. The quantitative estimate of drug-likeness (QED) is 0.110. The smallest absolute Gasteiger partial charge is 0.258 e. The summed E-state index contributed by atoms with van der Waals surface area (Å²) in [6.45, 7) is 21.3. The van der Waals surface area contributed by atoms with Gasteiger partial charge in [-0.05, 0) is 115 Å². The van der Waals surface area contributed by atoms with Gasteiger partial charge in [0.1, 0.15) is 23.0 Å². The average molecular weight is 861 g/mol. The maximum absolute atomic E-state index is 13.6. The molecule has 0 fully saturated rings. The lowest BCUT2D eigenvalue weighted by Crippen LogP contribution is -2.40. The van der Waals surface area contributed by atoms with E-state index in [-0.39, 0.29) is 89.5 Å². The second kappa shape index (κ2) is 20.0. The topological polar surface area (TPSA) is 162 Å². The first-order valence-electron chi connectivity index (χ1n) is 22.7.